The normalized spacial score (nSPS) is 10.5. The Morgan fingerprint density at radius 2 is 1.69 bits per heavy atom. The minimum atomic E-state index is -0.968. The predicted octanol–water partition coefficient (Wildman–Crippen LogP) is 3.69. The molecule has 162 valence electrons. The summed E-state index contributed by atoms with van der Waals surface area (Å²) in [5, 5.41) is 15.5. The van der Waals surface area contributed by atoms with Crippen molar-refractivity contribution in [2.24, 2.45) is 5.10 Å². The summed E-state index contributed by atoms with van der Waals surface area (Å²) in [4.78, 5) is 34.2. The van der Waals surface area contributed by atoms with Crippen LogP contribution in [0.4, 0.5) is 5.69 Å². The summed E-state index contributed by atoms with van der Waals surface area (Å²) in [5.74, 6) is -0.945. The van der Waals surface area contributed by atoms with Gasteiger partial charge in [-0.3, -0.25) is 9.59 Å². The summed E-state index contributed by atoms with van der Waals surface area (Å²) >= 11 is 0. The van der Waals surface area contributed by atoms with E-state index in [0.717, 1.165) is 11.1 Å². The summed E-state index contributed by atoms with van der Waals surface area (Å²) in [6.07, 6.45) is 1.50. The zero-order valence-corrected chi connectivity index (χ0v) is 17.2. The molecule has 32 heavy (non-hydrogen) atoms. The molecule has 8 heteroatoms. The van der Waals surface area contributed by atoms with Crippen LogP contribution < -0.4 is 15.5 Å². The second kappa shape index (κ2) is 10.5. The first-order chi connectivity index (χ1) is 15.4. The lowest BCUT2D eigenvalue weighted by molar-refractivity contribution is -0.114. The lowest BCUT2D eigenvalue weighted by Gasteiger charge is -2.07. The van der Waals surface area contributed by atoms with Crippen molar-refractivity contribution in [3.8, 4) is 5.75 Å². The summed E-state index contributed by atoms with van der Waals surface area (Å²) in [5.41, 5.74) is 5.18. The van der Waals surface area contributed by atoms with Crippen molar-refractivity contribution in [1.29, 1.82) is 0 Å². The molecule has 3 N–H and O–H groups in total. The fraction of sp³-hybridized carbons (Fsp3) is 0.0833. The van der Waals surface area contributed by atoms with Crippen LogP contribution in [-0.4, -0.2) is 29.1 Å². The third kappa shape index (κ3) is 6.53. The van der Waals surface area contributed by atoms with E-state index in [1.165, 1.54) is 25.3 Å². The molecule has 3 aromatic rings. The van der Waals surface area contributed by atoms with Crippen molar-refractivity contribution in [2.45, 2.75) is 13.5 Å². The minimum absolute atomic E-state index is 0.218. The third-order valence-corrected chi connectivity index (χ3v) is 4.31. The summed E-state index contributed by atoms with van der Waals surface area (Å²) in [7, 11) is 0. The number of hydrazone groups is 1. The van der Waals surface area contributed by atoms with Gasteiger partial charge in [0.1, 0.15) is 12.4 Å². The molecule has 0 aliphatic heterocycles. The van der Waals surface area contributed by atoms with E-state index in [1.54, 1.807) is 60.7 Å². The average Bonchev–Trinajstić information content (AvgIpc) is 2.78. The molecule has 0 spiro atoms. The van der Waals surface area contributed by atoms with Crippen LogP contribution in [-0.2, 0) is 11.4 Å². The van der Waals surface area contributed by atoms with E-state index in [2.05, 4.69) is 15.8 Å². The maximum absolute atomic E-state index is 12.2. The number of anilines is 1. The first-order valence-corrected chi connectivity index (χ1v) is 9.67. The molecule has 0 radical (unpaired) electrons. The largest absolute Gasteiger partial charge is 0.489 e. The fourth-order valence-corrected chi connectivity index (χ4v) is 2.73. The second-order valence-corrected chi connectivity index (χ2v) is 6.82. The number of carbonyl (C=O) groups excluding carboxylic acids is 2. The molecule has 2 amide bonds. The van der Waals surface area contributed by atoms with Crippen LogP contribution in [0.25, 0.3) is 0 Å². The Labute approximate surface area is 184 Å². The maximum atomic E-state index is 12.2. The molecule has 0 saturated heterocycles. The molecule has 0 unspecified atom stereocenters. The Morgan fingerprint density at radius 3 is 2.34 bits per heavy atom. The molecule has 0 bridgehead atoms. The quantitative estimate of drug-likeness (QED) is 0.371. The molecule has 8 nitrogen and oxygen atoms in total. The zero-order valence-electron chi connectivity index (χ0n) is 17.2. The Hall–Kier alpha value is -4.46. The van der Waals surface area contributed by atoms with Crippen molar-refractivity contribution in [3.05, 3.63) is 95.1 Å². The highest BCUT2D eigenvalue weighted by Gasteiger charge is 2.06. The van der Waals surface area contributed by atoms with Gasteiger partial charge in [-0.15, -0.1) is 0 Å². The van der Waals surface area contributed by atoms with Gasteiger partial charge in [0.05, 0.1) is 11.8 Å². The van der Waals surface area contributed by atoms with Gasteiger partial charge >= 0.3 is 5.97 Å². The number of hydrogen-bond donors (Lipinski definition) is 3. The van der Waals surface area contributed by atoms with Crippen LogP contribution >= 0.6 is 0 Å². The molecule has 0 aliphatic carbocycles. The first-order valence-electron chi connectivity index (χ1n) is 9.67. The Kier molecular flexibility index (Phi) is 7.32. The molecule has 0 heterocycles. The van der Waals surface area contributed by atoms with Gasteiger partial charge in [-0.25, -0.2) is 10.2 Å². The molecule has 0 fully saturated rings. The lowest BCUT2D eigenvalue weighted by atomic mass is 10.1. The average molecular weight is 431 g/mol. The number of nitrogens with zero attached hydrogens (tertiary/aromatic N) is 1. The number of nitrogens with one attached hydrogen (secondary N) is 2. The number of hydrogen-bond acceptors (Lipinski definition) is 5. The SMILES string of the molecule is CC(=O)Nc1cccc(C(=O)N/N=C\c2ccc(OCc3ccc(C(=O)O)cc3)cc2)c1. The van der Waals surface area contributed by atoms with E-state index in [4.69, 9.17) is 9.84 Å². The number of rotatable bonds is 8. The molecular formula is C24H21N3O5. The van der Waals surface area contributed by atoms with Crippen molar-refractivity contribution >= 4 is 29.7 Å². The van der Waals surface area contributed by atoms with Crippen LogP contribution in [0.1, 0.15) is 38.8 Å². The van der Waals surface area contributed by atoms with Crippen LogP contribution in [0.5, 0.6) is 5.75 Å². The number of ether oxygens (including phenoxy) is 1. The first kappa shape index (κ1) is 22.2. The predicted molar refractivity (Wildman–Crippen MR) is 120 cm³/mol. The standard InChI is InChI=1S/C24H21N3O5/c1-16(28)26-21-4-2-3-20(13-21)23(29)27-25-14-17-7-11-22(12-8-17)32-15-18-5-9-19(10-6-18)24(30)31/h2-14H,15H2,1H3,(H,26,28)(H,27,29)(H,30,31)/b25-14-. The number of amides is 2. The summed E-state index contributed by atoms with van der Waals surface area (Å²) in [6, 6.07) is 20.1. The van der Waals surface area contributed by atoms with E-state index in [9.17, 15) is 14.4 Å². The molecule has 0 atom stereocenters. The van der Waals surface area contributed by atoms with Crippen molar-refractivity contribution in [3.63, 3.8) is 0 Å². The van der Waals surface area contributed by atoms with Crippen LogP contribution in [0.2, 0.25) is 0 Å². The van der Waals surface area contributed by atoms with Crippen molar-refractivity contribution < 1.29 is 24.2 Å². The van der Waals surface area contributed by atoms with Gasteiger partial charge in [-0.05, 0) is 65.7 Å². The Morgan fingerprint density at radius 1 is 0.969 bits per heavy atom. The number of carboxylic acid groups (broad SMARTS) is 1. The van der Waals surface area contributed by atoms with E-state index >= 15 is 0 Å². The van der Waals surface area contributed by atoms with Gasteiger partial charge in [0.25, 0.3) is 5.91 Å². The molecular weight excluding hydrogens is 410 g/mol. The van der Waals surface area contributed by atoms with Gasteiger partial charge in [0.15, 0.2) is 0 Å². The molecule has 3 aromatic carbocycles. The molecule has 0 aromatic heterocycles. The smallest absolute Gasteiger partial charge is 0.335 e. The van der Waals surface area contributed by atoms with Crippen molar-refractivity contribution in [1.82, 2.24) is 5.43 Å². The maximum Gasteiger partial charge on any atom is 0.335 e. The van der Waals surface area contributed by atoms with E-state index < -0.39 is 11.9 Å². The Bertz CT molecular complexity index is 1140. The lowest BCUT2D eigenvalue weighted by Crippen LogP contribution is -2.18. The highest BCUT2D eigenvalue weighted by Crippen LogP contribution is 2.14. The third-order valence-electron chi connectivity index (χ3n) is 4.31. The number of carboxylic acids is 1. The van der Waals surface area contributed by atoms with Crippen LogP contribution in [0, 0.1) is 0 Å². The number of aromatic carboxylic acids is 1. The fourth-order valence-electron chi connectivity index (χ4n) is 2.73. The number of benzene rings is 3. The monoisotopic (exact) mass is 431 g/mol. The van der Waals surface area contributed by atoms with E-state index in [-0.39, 0.29) is 11.5 Å². The highest BCUT2D eigenvalue weighted by atomic mass is 16.5. The van der Waals surface area contributed by atoms with E-state index in [1.807, 2.05) is 0 Å². The second-order valence-electron chi connectivity index (χ2n) is 6.82. The minimum Gasteiger partial charge on any atom is -0.489 e. The number of carbonyl (C=O) groups is 3. The van der Waals surface area contributed by atoms with Gasteiger partial charge in [0, 0.05) is 18.2 Å². The Balaban J connectivity index is 1.51. The van der Waals surface area contributed by atoms with Gasteiger partial charge in [-0.2, -0.15) is 5.10 Å². The van der Waals surface area contributed by atoms with Crippen LogP contribution in [0.15, 0.2) is 77.9 Å². The van der Waals surface area contributed by atoms with E-state index in [0.29, 0.717) is 23.6 Å². The van der Waals surface area contributed by atoms with Gasteiger partial charge in [0.2, 0.25) is 5.91 Å². The molecule has 0 aliphatic rings. The topological polar surface area (TPSA) is 117 Å². The summed E-state index contributed by atoms with van der Waals surface area (Å²) in [6.45, 7) is 1.70. The molecule has 3 rings (SSSR count). The zero-order chi connectivity index (χ0) is 22.9. The van der Waals surface area contributed by atoms with Gasteiger partial charge in [-0.1, -0.05) is 18.2 Å². The summed E-state index contributed by atoms with van der Waals surface area (Å²) < 4.78 is 5.69. The highest BCUT2D eigenvalue weighted by molar-refractivity contribution is 5.97. The van der Waals surface area contributed by atoms with Crippen LogP contribution in [0.3, 0.4) is 0 Å². The molecule has 0 saturated carbocycles. The van der Waals surface area contributed by atoms with Crippen molar-refractivity contribution in [2.75, 3.05) is 5.32 Å². The van der Waals surface area contributed by atoms with Gasteiger partial charge < -0.3 is 15.2 Å².